The van der Waals surface area contributed by atoms with Crippen LogP contribution in [0.5, 0.6) is 5.75 Å². The van der Waals surface area contributed by atoms with Crippen molar-refractivity contribution in [1.29, 1.82) is 0 Å². The maximum atomic E-state index is 12.6. The van der Waals surface area contributed by atoms with Gasteiger partial charge in [0.15, 0.2) is 10.3 Å². The van der Waals surface area contributed by atoms with Crippen molar-refractivity contribution in [3.05, 3.63) is 40.1 Å². The third-order valence-corrected chi connectivity index (χ3v) is 7.48. The Morgan fingerprint density at radius 1 is 1.21 bits per heavy atom. The highest BCUT2D eigenvalue weighted by molar-refractivity contribution is 7.29. The fraction of sp³-hybridized carbons (Fsp3) is 0.211. The molecule has 0 unspecified atom stereocenters. The molecule has 5 rings (SSSR count). The summed E-state index contributed by atoms with van der Waals surface area (Å²) in [5, 5.41) is 6.41. The molecule has 1 aliphatic heterocycles. The lowest BCUT2D eigenvalue weighted by Crippen LogP contribution is -2.09. The molecular formula is C19H16N4O2S3. The van der Waals surface area contributed by atoms with Crippen LogP contribution in [0.4, 0.5) is 10.3 Å². The van der Waals surface area contributed by atoms with Gasteiger partial charge in [-0.2, -0.15) is 0 Å². The van der Waals surface area contributed by atoms with Crippen LogP contribution < -0.4 is 15.0 Å². The number of hydrogen-bond acceptors (Lipinski definition) is 8. The van der Waals surface area contributed by atoms with Gasteiger partial charge in [-0.15, -0.1) is 22.7 Å². The number of carbonyl (C=O) groups is 1. The molecule has 4 aromatic rings. The highest BCUT2D eigenvalue weighted by Crippen LogP contribution is 2.35. The second kappa shape index (κ2) is 6.84. The van der Waals surface area contributed by atoms with Crippen molar-refractivity contribution < 1.29 is 9.53 Å². The fourth-order valence-corrected chi connectivity index (χ4v) is 5.74. The molecule has 3 aromatic heterocycles. The number of rotatable bonds is 4. The highest BCUT2D eigenvalue weighted by atomic mass is 32.1. The van der Waals surface area contributed by atoms with E-state index >= 15 is 0 Å². The summed E-state index contributed by atoms with van der Waals surface area (Å²) in [4.78, 5) is 25.3. The highest BCUT2D eigenvalue weighted by Gasteiger charge is 2.17. The topological polar surface area (TPSA) is 67.4 Å². The predicted octanol–water partition coefficient (Wildman–Crippen LogP) is 4.73. The van der Waals surface area contributed by atoms with Gasteiger partial charge in [0.05, 0.1) is 21.9 Å². The molecule has 1 N–H and O–H groups in total. The van der Waals surface area contributed by atoms with E-state index in [9.17, 15) is 4.79 Å². The Kier molecular flexibility index (Phi) is 4.30. The first-order valence-electron chi connectivity index (χ1n) is 8.67. The minimum absolute atomic E-state index is 0.148. The average Bonchev–Trinajstić information content (AvgIpc) is 3.43. The molecule has 0 fully saturated rings. The van der Waals surface area contributed by atoms with E-state index in [1.54, 1.807) is 11.3 Å². The molecule has 0 saturated heterocycles. The van der Waals surface area contributed by atoms with E-state index in [0.29, 0.717) is 10.0 Å². The molecule has 142 valence electrons. The van der Waals surface area contributed by atoms with Crippen molar-refractivity contribution in [2.75, 3.05) is 30.9 Å². The lowest BCUT2D eigenvalue weighted by atomic mass is 10.1. The van der Waals surface area contributed by atoms with Crippen molar-refractivity contribution in [1.82, 2.24) is 9.97 Å². The van der Waals surface area contributed by atoms with Crippen LogP contribution in [0.2, 0.25) is 0 Å². The summed E-state index contributed by atoms with van der Waals surface area (Å²) in [6, 6.07) is 8.01. The minimum atomic E-state index is -0.148. The first kappa shape index (κ1) is 17.6. The van der Waals surface area contributed by atoms with Crippen molar-refractivity contribution in [2.45, 2.75) is 6.42 Å². The molecule has 0 spiro atoms. The average molecular weight is 429 g/mol. The Morgan fingerprint density at radius 3 is 2.93 bits per heavy atom. The molecule has 0 atom stereocenters. The summed E-state index contributed by atoms with van der Waals surface area (Å²) in [5.41, 5.74) is 3.11. The summed E-state index contributed by atoms with van der Waals surface area (Å²) in [7, 11) is 3.92. The number of carbonyl (C=O) groups excluding carboxylic acids is 1. The Hall–Kier alpha value is -2.49. The number of nitrogens with one attached hydrogen (secondary N) is 1. The maximum absolute atomic E-state index is 12.6. The normalized spacial score (nSPS) is 12.8. The number of benzene rings is 1. The van der Waals surface area contributed by atoms with E-state index in [0.717, 1.165) is 44.7 Å². The van der Waals surface area contributed by atoms with Crippen molar-refractivity contribution in [2.24, 2.45) is 0 Å². The van der Waals surface area contributed by atoms with E-state index in [-0.39, 0.29) is 5.91 Å². The van der Waals surface area contributed by atoms with Gasteiger partial charge in [-0.05, 0) is 29.8 Å². The van der Waals surface area contributed by atoms with Gasteiger partial charge in [0, 0.05) is 31.5 Å². The minimum Gasteiger partial charge on any atom is -0.493 e. The first-order valence-corrected chi connectivity index (χ1v) is 11.2. The first-order chi connectivity index (χ1) is 13.6. The molecule has 1 amide bonds. The lowest BCUT2D eigenvalue weighted by molar-refractivity contribution is 0.103. The van der Waals surface area contributed by atoms with Crippen LogP contribution in [-0.2, 0) is 6.42 Å². The van der Waals surface area contributed by atoms with Crippen LogP contribution >= 0.6 is 34.0 Å². The third kappa shape index (κ3) is 3.15. The van der Waals surface area contributed by atoms with Crippen LogP contribution in [0.1, 0.15) is 15.2 Å². The van der Waals surface area contributed by atoms with Crippen molar-refractivity contribution in [3.8, 4) is 17.0 Å². The summed E-state index contributed by atoms with van der Waals surface area (Å²) in [6.45, 7) is 0.736. The number of thiazole rings is 2. The largest absolute Gasteiger partial charge is 0.493 e. The van der Waals surface area contributed by atoms with E-state index < -0.39 is 0 Å². The molecule has 0 aliphatic carbocycles. The Balaban J connectivity index is 1.34. The molecule has 1 aromatic carbocycles. The Morgan fingerprint density at radius 2 is 2.11 bits per heavy atom. The number of nitrogens with zero attached hydrogens (tertiary/aromatic N) is 3. The van der Waals surface area contributed by atoms with E-state index in [4.69, 9.17) is 4.74 Å². The summed E-state index contributed by atoms with van der Waals surface area (Å²) in [6.07, 6.45) is 0.927. The van der Waals surface area contributed by atoms with Gasteiger partial charge in [-0.3, -0.25) is 10.1 Å². The summed E-state index contributed by atoms with van der Waals surface area (Å²) < 4.78 is 6.58. The number of thiophene rings is 1. The standard InChI is InChI=1S/C19H16N4O2S3/c1-23(2)19-22-17-15(28-19)8-14(27-17)16(24)21-18-20-12(9-26-18)10-3-4-13-11(7-10)5-6-25-13/h3-4,7-9H,5-6H2,1-2H3,(H,20,21,24). The Labute approximate surface area is 173 Å². The van der Waals surface area contributed by atoms with Gasteiger partial charge in [-0.1, -0.05) is 11.3 Å². The maximum Gasteiger partial charge on any atom is 0.267 e. The number of aromatic nitrogens is 2. The second-order valence-electron chi connectivity index (χ2n) is 6.58. The summed E-state index contributed by atoms with van der Waals surface area (Å²) >= 11 is 4.41. The SMILES string of the molecule is CN(C)c1nc2sc(C(=O)Nc3nc(-c4ccc5c(c4)CCO5)cs3)cc2s1. The zero-order chi connectivity index (χ0) is 19.3. The molecule has 9 heteroatoms. The zero-order valence-corrected chi connectivity index (χ0v) is 17.6. The van der Waals surface area contributed by atoms with Gasteiger partial charge < -0.3 is 9.64 Å². The quantitative estimate of drug-likeness (QED) is 0.509. The van der Waals surface area contributed by atoms with Gasteiger partial charge in [-0.25, -0.2) is 9.97 Å². The van der Waals surface area contributed by atoms with Gasteiger partial charge >= 0.3 is 0 Å². The van der Waals surface area contributed by atoms with E-state index in [1.165, 1.54) is 28.2 Å². The van der Waals surface area contributed by atoms with Crippen LogP contribution in [0.3, 0.4) is 0 Å². The number of ether oxygens (including phenoxy) is 1. The molecular weight excluding hydrogens is 412 g/mol. The third-order valence-electron chi connectivity index (χ3n) is 4.39. The second-order valence-corrected chi connectivity index (χ2v) is 9.48. The summed E-state index contributed by atoms with van der Waals surface area (Å²) in [5.74, 6) is 0.807. The molecule has 0 radical (unpaired) electrons. The smallest absolute Gasteiger partial charge is 0.267 e. The number of hydrogen-bond donors (Lipinski definition) is 1. The van der Waals surface area contributed by atoms with E-state index in [1.807, 2.05) is 42.6 Å². The molecule has 0 bridgehead atoms. The van der Waals surface area contributed by atoms with Crippen LogP contribution in [-0.4, -0.2) is 36.6 Å². The van der Waals surface area contributed by atoms with Crippen LogP contribution in [0, 0.1) is 0 Å². The number of fused-ring (bicyclic) bond motifs is 2. The fourth-order valence-electron chi connectivity index (χ4n) is 3.00. The Bertz CT molecular complexity index is 1160. The molecule has 0 saturated carbocycles. The number of anilines is 2. The van der Waals surface area contributed by atoms with Crippen molar-refractivity contribution >= 4 is 59.7 Å². The van der Waals surface area contributed by atoms with Crippen LogP contribution in [0.15, 0.2) is 29.6 Å². The zero-order valence-electron chi connectivity index (χ0n) is 15.2. The van der Waals surface area contributed by atoms with Crippen molar-refractivity contribution in [3.63, 3.8) is 0 Å². The lowest BCUT2D eigenvalue weighted by Gasteiger charge is -2.05. The monoisotopic (exact) mass is 428 g/mol. The number of amides is 1. The van der Waals surface area contributed by atoms with Crippen LogP contribution in [0.25, 0.3) is 20.8 Å². The van der Waals surface area contributed by atoms with Gasteiger partial charge in [0.1, 0.15) is 10.6 Å². The van der Waals surface area contributed by atoms with E-state index in [2.05, 4.69) is 21.4 Å². The predicted molar refractivity (Wildman–Crippen MR) is 117 cm³/mol. The molecule has 6 nitrogen and oxygen atoms in total. The molecule has 4 heterocycles. The van der Waals surface area contributed by atoms with Gasteiger partial charge in [0.2, 0.25) is 0 Å². The molecule has 28 heavy (non-hydrogen) atoms. The van der Waals surface area contributed by atoms with Gasteiger partial charge in [0.25, 0.3) is 5.91 Å². The molecule has 1 aliphatic rings.